The molecule has 4 atom stereocenters. The zero-order chi connectivity index (χ0) is 34.9. The quantitative estimate of drug-likeness (QED) is 0.346. The van der Waals surface area contributed by atoms with E-state index in [9.17, 15) is 40.7 Å². The molecule has 2 N–H and O–H groups in total. The summed E-state index contributed by atoms with van der Waals surface area (Å²) in [5, 5.41) is 12.5. The lowest BCUT2D eigenvalue weighted by Gasteiger charge is -2.35. The van der Waals surface area contributed by atoms with E-state index in [2.05, 4.69) is 5.32 Å². The molecular weight excluding hydrogens is 646 g/mol. The molecule has 10 nitrogen and oxygen atoms in total. The van der Waals surface area contributed by atoms with Crippen molar-refractivity contribution in [1.82, 2.24) is 9.21 Å². The predicted molar refractivity (Wildman–Crippen MR) is 167 cm³/mol. The maximum absolute atomic E-state index is 14.2. The van der Waals surface area contributed by atoms with E-state index in [-0.39, 0.29) is 41.1 Å². The van der Waals surface area contributed by atoms with Crippen LogP contribution in [0.1, 0.15) is 63.2 Å². The maximum Gasteiger partial charge on any atom is 0.389 e. The van der Waals surface area contributed by atoms with Gasteiger partial charge in [-0.2, -0.15) is 17.5 Å². The molecule has 15 heteroatoms. The average molecular weight is 690 g/mol. The number of halogens is 4. The summed E-state index contributed by atoms with van der Waals surface area (Å²) in [5.41, 5.74) is 0.128. The van der Waals surface area contributed by atoms with Crippen molar-refractivity contribution in [2.45, 2.75) is 82.2 Å². The fourth-order valence-electron chi connectivity index (χ4n) is 5.08. The first-order valence-electron chi connectivity index (χ1n) is 15.4. The average Bonchev–Trinajstić information content (AvgIpc) is 3.01. The molecule has 0 bridgehead atoms. The number of ether oxygens (including phenoxy) is 2. The van der Waals surface area contributed by atoms with Crippen LogP contribution in [0.2, 0.25) is 0 Å². The minimum absolute atomic E-state index is 0.0207. The molecule has 0 saturated carbocycles. The van der Waals surface area contributed by atoms with Crippen LogP contribution in [0.5, 0.6) is 5.75 Å². The van der Waals surface area contributed by atoms with E-state index in [1.807, 2.05) is 6.92 Å². The van der Waals surface area contributed by atoms with Gasteiger partial charge >= 0.3 is 6.18 Å². The van der Waals surface area contributed by atoms with E-state index in [1.165, 1.54) is 42.3 Å². The second-order valence-electron chi connectivity index (χ2n) is 11.9. The molecule has 1 heterocycles. The van der Waals surface area contributed by atoms with Gasteiger partial charge < -0.3 is 24.8 Å². The molecule has 47 heavy (non-hydrogen) atoms. The van der Waals surface area contributed by atoms with Gasteiger partial charge in [0.15, 0.2) is 0 Å². The van der Waals surface area contributed by atoms with Crippen LogP contribution >= 0.6 is 0 Å². The number of aliphatic hydroxyl groups is 1. The normalized spacial score (nSPS) is 21.0. The first-order chi connectivity index (χ1) is 22.0. The molecule has 3 rings (SSSR count). The maximum atomic E-state index is 14.2. The molecule has 0 spiro atoms. The highest BCUT2D eigenvalue weighted by Gasteiger charge is 2.33. The van der Waals surface area contributed by atoms with Gasteiger partial charge in [0.2, 0.25) is 15.9 Å². The minimum atomic E-state index is -4.51. The van der Waals surface area contributed by atoms with Crippen molar-refractivity contribution in [3.63, 3.8) is 0 Å². The number of alkyl halides is 3. The Morgan fingerprint density at radius 1 is 1.15 bits per heavy atom. The van der Waals surface area contributed by atoms with Crippen molar-refractivity contribution in [3.05, 3.63) is 53.8 Å². The predicted octanol–water partition coefficient (Wildman–Crippen LogP) is 5.22. The fourth-order valence-corrected chi connectivity index (χ4v) is 6.26. The number of likely N-dealkylation sites (N-methyl/N-ethyl adjacent to an activating group) is 1. The van der Waals surface area contributed by atoms with Crippen LogP contribution in [0, 0.1) is 11.7 Å². The topological polar surface area (TPSA) is 125 Å². The molecule has 0 radical (unpaired) electrons. The summed E-state index contributed by atoms with van der Waals surface area (Å²) in [6.45, 7) is 5.07. The van der Waals surface area contributed by atoms with Crippen LogP contribution in [0.25, 0.3) is 0 Å². The van der Waals surface area contributed by atoms with Gasteiger partial charge in [0.25, 0.3) is 5.91 Å². The first-order valence-corrected chi connectivity index (χ1v) is 16.9. The second kappa shape index (κ2) is 16.7. The Morgan fingerprint density at radius 3 is 2.47 bits per heavy atom. The van der Waals surface area contributed by atoms with Crippen molar-refractivity contribution in [1.29, 1.82) is 0 Å². The molecule has 1 aliphatic rings. The Morgan fingerprint density at radius 2 is 1.83 bits per heavy atom. The Kier molecular flexibility index (Phi) is 13.6. The molecule has 1 aliphatic heterocycles. The number of carbonyl (C=O) groups excluding carboxylic acids is 2. The number of fused-ring (bicyclic) bond motifs is 1. The van der Waals surface area contributed by atoms with Crippen molar-refractivity contribution in [2.24, 2.45) is 5.92 Å². The lowest BCUT2D eigenvalue weighted by Crippen LogP contribution is -2.48. The molecular formula is C32H43F4N3O7S. The number of benzene rings is 2. The Bertz CT molecular complexity index is 1460. The van der Waals surface area contributed by atoms with E-state index >= 15 is 0 Å². The molecule has 0 unspecified atom stereocenters. The second-order valence-corrected chi connectivity index (χ2v) is 14.0. The van der Waals surface area contributed by atoms with Crippen LogP contribution in [-0.2, 0) is 19.6 Å². The number of rotatable bonds is 9. The number of hydrogen-bond donors (Lipinski definition) is 2. The third-order valence-electron chi connectivity index (χ3n) is 7.93. The van der Waals surface area contributed by atoms with Crippen LogP contribution in [0.4, 0.5) is 23.2 Å². The van der Waals surface area contributed by atoms with E-state index < -0.39 is 71.3 Å². The highest BCUT2D eigenvalue weighted by molar-refractivity contribution is 7.89. The number of carbonyl (C=O) groups is 2. The fraction of sp³-hybridized carbons (Fsp3) is 0.562. The van der Waals surface area contributed by atoms with Gasteiger partial charge in [-0.25, -0.2) is 12.8 Å². The summed E-state index contributed by atoms with van der Waals surface area (Å²) in [5.74, 6) is -2.28. The third-order valence-corrected chi connectivity index (χ3v) is 9.77. The summed E-state index contributed by atoms with van der Waals surface area (Å²) in [6, 6.07) is 8.01. The summed E-state index contributed by atoms with van der Waals surface area (Å²) >= 11 is 0. The lowest BCUT2D eigenvalue weighted by atomic mass is 10.0. The van der Waals surface area contributed by atoms with Gasteiger partial charge in [-0.05, 0) is 75.6 Å². The van der Waals surface area contributed by atoms with E-state index in [4.69, 9.17) is 9.47 Å². The van der Waals surface area contributed by atoms with Crippen LogP contribution < -0.4 is 10.1 Å². The minimum Gasteiger partial charge on any atom is -0.490 e. The van der Waals surface area contributed by atoms with Crippen LogP contribution in [0.15, 0.2) is 47.4 Å². The number of amides is 2. The van der Waals surface area contributed by atoms with Crippen molar-refractivity contribution < 1.29 is 50.1 Å². The van der Waals surface area contributed by atoms with Gasteiger partial charge in [-0.3, -0.25) is 9.59 Å². The van der Waals surface area contributed by atoms with Gasteiger partial charge in [-0.1, -0.05) is 6.92 Å². The summed E-state index contributed by atoms with van der Waals surface area (Å²) in [7, 11) is -2.62. The SMILES string of the molecule is C[C@@H]1CCCCO[C@H](CN(C)S(=O)(=O)c2ccc(F)cc2)[C@H](C)CN([C@@H](C)CO)C(=O)c2cc(NC(=O)CCC(F)(F)F)ccc2O1. The Hall–Kier alpha value is -3.27. The summed E-state index contributed by atoms with van der Waals surface area (Å²) in [4.78, 5) is 27.7. The lowest BCUT2D eigenvalue weighted by molar-refractivity contribution is -0.142. The first kappa shape index (κ1) is 38.2. The van der Waals surface area contributed by atoms with Gasteiger partial charge in [-0.15, -0.1) is 0 Å². The monoisotopic (exact) mass is 689 g/mol. The molecule has 0 aliphatic carbocycles. The standard InChI is InChI=1S/C32H43F4N3O7S/c1-21-18-39(22(2)20-40)31(42)27-17-25(37-30(41)14-15-32(34,35)36)10-13-28(27)46-23(3)7-5-6-16-45-29(21)19-38(4)47(43,44)26-11-8-24(33)9-12-26/h8-13,17,21-23,29,40H,5-7,14-16,18-20H2,1-4H3,(H,37,41)/t21-,22+,23-,29-/m1/s1. The van der Waals surface area contributed by atoms with Crippen molar-refractivity contribution in [2.75, 3.05) is 38.7 Å². The van der Waals surface area contributed by atoms with Crippen molar-refractivity contribution in [3.8, 4) is 5.75 Å². The van der Waals surface area contributed by atoms with Crippen molar-refractivity contribution >= 4 is 27.5 Å². The van der Waals surface area contributed by atoms with Gasteiger partial charge in [0.1, 0.15) is 11.6 Å². The van der Waals surface area contributed by atoms with E-state index in [0.717, 1.165) is 16.4 Å². The van der Waals surface area contributed by atoms with Crippen LogP contribution in [-0.4, -0.2) is 92.3 Å². The molecule has 0 saturated heterocycles. The highest BCUT2D eigenvalue weighted by atomic mass is 32.2. The molecule has 2 amide bonds. The van der Waals surface area contributed by atoms with E-state index in [0.29, 0.717) is 25.9 Å². The zero-order valence-electron chi connectivity index (χ0n) is 26.9. The molecule has 2 aromatic rings. The van der Waals surface area contributed by atoms with E-state index in [1.54, 1.807) is 13.8 Å². The zero-order valence-corrected chi connectivity index (χ0v) is 27.7. The third kappa shape index (κ3) is 11.2. The molecule has 262 valence electrons. The molecule has 2 aromatic carbocycles. The molecule has 0 aromatic heterocycles. The number of nitrogens with zero attached hydrogens (tertiary/aromatic N) is 2. The molecule has 0 fully saturated rings. The van der Waals surface area contributed by atoms with Gasteiger partial charge in [0.05, 0.1) is 41.7 Å². The van der Waals surface area contributed by atoms with Crippen LogP contribution in [0.3, 0.4) is 0 Å². The van der Waals surface area contributed by atoms with Gasteiger partial charge in [0, 0.05) is 44.8 Å². The Balaban J connectivity index is 1.94. The number of nitrogens with one attached hydrogen (secondary N) is 1. The largest absolute Gasteiger partial charge is 0.490 e. The Labute approximate surface area is 273 Å². The number of sulfonamides is 1. The summed E-state index contributed by atoms with van der Waals surface area (Å²) < 4.78 is 91.4. The number of anilines is 1. The highest BCUT2D eigenvalue weighted by Crippen LogP contribution is 2.29. The summed E-state index contributed by atoms with van der Waals surface area (Å²) in [6.07, 6.45) is -5.72. The smallest absolute Gasteiger partial charge is 0.389 e. The number of aliphatic hydroxyl groups excluding tert-OH is 1. The number of hydrogen-bond acceptors (Lipinski definition) is 7.